The topological polar surface area (TPSA) is 151 Å². The Balaban J connectivity index is 0.00000250. The van der Waals surface area contributed by atoms with Crippen LogP contribution in [0.15, 0.2) is 53.3 Å². The molecular weight excluding hydrogens is 571 g/mol. The standard InChI is InChI=1S/C26H33ClN4O4.C2H6.CH2O2.ClH/c1-4-16-7-6-8-17(13-21(16)28)22(5-2)30-26(34)31-15-24(32)29-14-19(25(31)33)11-18-12-20(27)9-10-23(18)35-3;1-2;2-1-3;/h6-7,9-10,12-13,19,22H,4-5,8,11,14-15,28H2,1-3H3,(H,29,32)(H,30,34);1-2H3;1H,(H,2,3);1H. The molecule has 0 spiro atoms. The summed E-state index contributed by atoms with van der Waals surface area (Å²) >= 11 is 6.14. The Morgan fingerprint density at radius 2 is 1.98 bits per heavy atom. The summed E-state index contributed by atoms with van der Waals surface area (Å²) in [5.74, 6) is -0.880. The molecule has 4 amide bonds. The second-order valence-corrected chi connectivity index (χ2v) is 9.20. The molecule has 3 rings (SSSR count). The molecule has 1 heterocycles. The molecule has 1 aliphatic heterocycles. The van der Waals surface area contributed by atoms with Crippen molar-refractivity contribution in [2.75, 3.05) is 20.2 Å². The lowest BCUT2D eigenvalue weighted by Gasteiger charge is -2.26. The lowest BCUT2D eigenvalue weighted by Crippen LogP contribution is -2.50. The van der Waals surface area contributed by atoms with Crippen molar-refractivity contribution >= 4 is 48.3 Å². The highest BCUT2D eigenvalue weighted by Gasteiger charge is 2.35. The van der Waals surface area contributed by atoms with E-state index in [0.29, 0.717) is 29.3 Å². The summed E-state index contributed by atoms with van der Waals surface area (Å²) in [6.45, 7) is 7.51. The minimum absolute atomic E-state index is 0. The normalized spacial score (nSPS) is 17.1. The minimum Gasteiger partial charge on any atom is -0.496 e. The second-order valence-electron chi connectivity index (χ2n) is 8.76. The van der Waals surface area contributed by atoms with Crippen LogP contribution in [0.3, 0.4) is 0 Å². The average molecular weight is 614 g/mol. The Morgan fingerprint density at radius 3 is 2.56 bits per heavy atom. The van der Waals surface area contributed by atoms with E-state index < -0.39 is 23.8 Å². The van der Waals surface area contributed by atoms with Gasteiger partial charge in [-0.3, -0.25) is 19.3 Å². The molecule has 1 aromatic rings. The number of hydrogen-bond donors (Lipinski definition) is 4. The van der Waals surface area contributed by atoms with Gasteiger partial charge in [0.2, 0.25) is 11.8 Å². The van der Waals surface area contributed by atoms with Gasteiger partial charge in [-0.25, -0.2) is 4.79 Å². The van der Waals surface area contributed by atoms with Gasteiger partial charge >= 0.3 is 6.03 Å². The first kappa shape index (κ1) is 37.5. The van der Waals surface area contributed by atoms with E-state index >= 15 is 0 Å². The van der Waals surface area contributed by atoms with Crippen molar-refractivity contribution in [3.05, 3.63) is 63.9 Å². The van der Waals surface area contributed by atoms with Crippen molar-refractivity contribution in [2.24, 2.45) is 11.7 Å². The van der Waals surface area contributed by atoms with Crippen molar-refractivity contribution in [2.45, 2.75) is 59.4 Å². The number of methoxy groups -OCH3 is 1. The Morgan fingerprint density at radius 1 is 1.32 bits per heavy atom. The van der Waals surface area contributed by atoms with Gasteiger partial charge in [-0.15, -0.1) is 12.4 Å². The number of urea groups is 1. The number of benzene rings is 1. The van der Waals surface area contributed by atoms with E-state index in [1.807, 2.05) is 45.9 Å². The first-order valence-corrected chi connectivity index (χ1v) is 13.7. The highest BCUT2D eigenvalue weighted by molar-refractivity contribution is 6.30. The van der Waals surface area contributed by atoms with Crippen molar-refractivity contribution < 1.29 is 29.0 Å². The van der Waals surface area contributed by atoms with Gasteiger partial charge in [0, 0.05) is 17.3 Å². The number of allylic oxidation sites excluding steroid dienone is 4. The Hall–Kier alpha value is -3.50. The first-order valence-electron chi connectivity index (χ1n) is 13.3. The van der Waals surface area contributed by atoms with Gasteiger partial charge in [0.25, 0.3) is 6.47 Å². The van der Waals surface area contributed by atoms with Gasteiger partial charge in [-0.2, -0.15) is 0 Å². The summed E-state index contributed by atoms with van der Waals surface area (Å²) in [5.41, 5.74) is 9.62. The van der Waals surface area contributed by atoms with E-state index in [9.17, 15) is 14.4 Å². The van der Waals surface area contributed by atoms with Gasteiger partial charge in [0.05, 0.1) is 19.1 Å². The molecule has 2 aliphatic rings. The van der Waals surface area contributed by atoms with Gasteiger partial charge in [0.1, 0.15) is 12.3 Å². The predicted molar refractivity (Wildman–Crippen MR) is 163 cm³/mol. The largest absolute Gasteiger partial charge is 0.496 e. The van der Waals surface area contributed by atoms with E-state index in [4.69, 9.17) is 32.0 Å². The van der Waals surface area contributed by atoms with E-state index in [2.05, 4.69) is 10.6 Å². The number of carboxylic acid groups (broad SMARTS) is 1. The van der Waals surface area contributed by atoms with Gasteiger partial charge in [0.15, 0.2) is 0 Å². The van der Waals surface area contributed by atoms with Crippen molar-refractivity contribution in [1.29, 1.82) is 0 Å². The van der Waals surface area contributed by atoms with Gasteiger partial charge in [-0.1, -0.05) is 51.4 Å². The maximum atomic E-state index is 13.4. The Labute approximate surface area is 253 Å². The maximum Gasteiger partial charge on any atom is 0.325 e. The first-order chi connectivity index (χ1) is 19.2. The molecule has 228 valence electrons. The molecule has 0 bridgehead atoms. The molecule has 12 heteroatoms. The van der Waals surface area contributed by atoms with Crippen LogP contribution < -0.4 is 21.1 Å². The van der Waals surface area contributed by atoms with E-state index in [0.717, 1.165) is 28.0 Å². The third-order valence-electron chi connectivity index (χ3n) is 6.34. The SMILES string of the molecule is CC.CCC1=C(N)C=C(C(CC)NC(=O)N2CC(=O)NCC(Cc3cc(Cl)ccc3OC)C2=O)CC=C1.Cl.O=CO. The summed E-state index contributed by atoms with van der Waals surface area (Å²) in [6, 6.07) is 4.23. The summed E-state index contributed by atoms with van der Waals surface area (Å²) in [4.78, 5) is 48.4. The van der Waals surface area contributed by atoms with Gasteiger partial charge < -0.3 is 26.2 Å². The number of nitrogens with one attached hydrogen (secondary N) is 2. The Kier molecular flexibility index (Phi) is 17.9. The molecule has 10 nitrogen and oxygen atoms in total. The summed E-state index contributed by atoms with van der Waals surface area (Å²) in [5, 5.41) is 13.1. The van der Waals surface area contributed by atoms with Crippen LogP contribution in [0.25, 0.3) is 0 Å². The average Bonchev–Trinajstić information content (AvgIpc) is 3.22. The number of nitrogens with zero attached hydrogens (tertiary/aromatic N) is 1. The van der Waals surface area contributed by atoms with Crippen LogP contribution in [0.4, 0.5) is 4.79 Å². The zero-order valence-electron chi connectivity index (χ0n) is 24.2. The minimum atomic E-state index is -0.648. The zero-order chi connectivity index (χ0) is 30.2. The number of rotatable bonds is 7. The van der Waals surface area contributed by atoms with Crippen LogP contribution in [-0.2, 0) is 20.8 Å². The predicted octanol–water partition coefficient (Wildman–Crippen LogP) is 4.61. The number of hydrogen-bond acceptors (Lipinski definition) is 6. The van der Waals surface area contributed by atoms with Crippen molar-refractivity contribution in [3.63, 3.8) is 0 Å². The van der Waals surface area contributed by atoms with Crippen LogP contribution in [0.1, 0.15) is 52.5 Å². The number of imide groups is 1. The molecule has 41 heavy (non-hydrogen) atoms. The quantitative estimate of drug-likeness (QED) is 0.328. The highest BCUT2D eigenvalue weighted by Crippen LogP contribution is 2.27. The second kappa shape index (κ2) is 19.6. The monoisotopic (exact) mass is 612 g/mol. The van der Waals surface area contributed by atoms with E-state index in [1.54, 1.807) is 18.2 Å². The highest BCUT2D eigenvalue weighted by atomic mass is 35.5. The molecule has 0 radical (unpaired) electrons. The number of carbonyl (C=O) groups is 4. The van der Waals surface area contributed by atoms with Crippen LogP contribution in [0.2, 0.25) is 5.02 Å². The fraction of sp³-hybridized carbons (Fsp3) is 0.448. The van der Waals surface area contributed by atoms with Crippen LogP contribution in [0, 0.1) is 5.92 Å². The molecular formula is C29H42Cl2N4O6. The summed E-state index contributed by atoms with van der Waals surface area (Å²) in [6.07, 6.45) is 8.25. The van der Waals surface area contributed by atoms with Crippen molar-refractivity contribution in [3.8, 4) is 5.75 Å². The molecule has 1 saturated heterocycles. The number of nitrogens with two attached hydrogens (primary N) is 1. The van der Waals surface area contributed by atoms with Crippen LogP contribution in [0.5, 0.6) is 5.75 Å². The van der Waals surface area contributed by atoms with E-state index in [-0.39, 0.29) is 44.4 Å². The number of carbonyl (C=O) groups excluding carboxylic acids is 3. The third kappa shape index (κ3) is 11.1. The molecule has 2 unspecified atom stereocenters. The summed E-state index contributed by atoms with van der Waals surface area (Å²) < 4.78 is 5.40. The molecule has 1 aromatic carbocycles. The lowest BCUT2D eigenvalue weighted by molar-refractivity contribution is -0.133. The number of amides is 4. The zero-order valence-corrected chi connectivity index (χ0v) is 25.8. The number of ether oxygens (including phenoxy) is 1. The van der Waals surface area contributed by atoms with Gasteiger partial charge in [-0.05, 0) is 66.7 Å². The fourth-order valence-corrected chi connectivity index (χ4v) is 4.55. The molecule has 0 aromatic heterocycles. The van der Waals surface area contributed by atoms with Crippen LogP contribution in [-0.4, -0.2) is 60.6 Å². The van der Waals surface area contributed by atoms with E-state index in [1.165, 1.54) is 7.11 Å². The van der Waals surface area contributed by atoms with Crippen LogP contribution >= 0.6 is 24.0 Å². The molecule has 1 aliphatic carbocycles. The molecule has 2 atom stereocenters. The number of halogens is 2. The molecule has 0 saturated carbocycles. The maximum absolute atomic E-state index is 13.4. The lowest BCUT2D eigenvalue weighted by atomic mass is 9.97. The van der Waals surface area contributed by atoms with Crippen molar-refractivity contribution in [1.82, 2.24) is 15.5 Å². The molecule has 1 fully saturated rings. The smallest absolute Gasteiger partial charge is 0.325 e. The fourth-order valence-electron chi connectivity index (χ4n) is 4.36. The Bertz CT molecular complexity index is 1140. The molecule has 5 N–H and O–H groups in total. The summed E-state index contributed by atoms with van der Waals surface area (Å²) in [7, 11) is 1.54. The third-order valence-corrected chi connectivity index (χ3v) is 6.57.